The van der Waals surface area contributed by atoms with Crippen molar-refractivity contribution in [2.24, 2.45) is 0 Å². The first kappa shape index (κ1) is 29.0. The summed E-state index contributed by atoms with van der Waals surface area (Å²) in [4.78, 5) is 28.1. The Kier molecular flexibility index (Phi) is 10.5. The highest BCUT2D eigenvalue weighted by molar-refractivity contribution is 6.05. The fourth-order valence-corrected chi connectivity index (χ4v) is 4.39. The number of carbonyl (C=O) groups excluding carboxylic acids is 1. The van der Waals surface area contributed by atoms with E-state index in [1.165, 1.54) is 12.1 Å². The Morgan fingerprint density at radius 2 is 1.82 bits per heavy atom. The van der Waals surface area contributed by atoms with E-state index in [2.05, 4.69) is 24.1 Å². The van der Waals surface area contributed by atoms with Gasteiger partial charge in [-0.3, -0.25) is 4.79 Å². The van der Waals surface area contributed by atoms with Crippen molar-refractivity contribution in [3.63, 3.8) is 0 Å². The van der Waals surface area contributed by atoms with Gasteiger partial charge in [-0.05, 0) is 102 Å². The maximum Gasteiger partial charge on any atom is 0.360 e. The van der Waals surface area contributed by atoms with Crippen molar-refractivity contribution >= 4 is 22.6 Å². The standard InChI is InChI=1S/C31H40N2O5/c1-6-15-33(16-7-2)17-8-18-37-28-14-12-24-20-26(31(36)38-29(24)22(28)5)32-30(35)25-11-13-27(34)23(19-25)10-9-21(3)4/h9,11-14,19-20,34H,6-8,10,15-18H2,1-5H3,(H,32,35). The summed E-state index contributed by atoms with van der Waals surface area (Å²) < 4.78 is 11.6. The Morgan fingerprint density at radius 3 is 2.50 bits per heavy atom. The fourth-order valence-electron chi connectivity index (χ4n) is 4.39. The van der Waals surface area contributed by atoms with Crippen molar-refractivity contribution in [3.8, 4) is 11.5 Å². The van der Waals surface area contributed by atoms with Crippen LogP contribution in [0.25, 0.3) is 11.0 Å². The molecule has 3 rings (SSSR count). The van der Waals surface area contributed by atoms with Crippen LogP contribution in [0.2, 0.25) is 0 Å². The molecule has 0 bridgehead atoms. The molecule has 0 fully saturated rings. The second-order valence-corrected chi connectivity index (χ2v) is 9.88. The highest BCUT2D eigenvalue weighted by Crippen LogP contribution is 2.28. The molecule has 0 aliphatic heterocycles. The quantitative estimate of drug-likeness (QED) is 0.153. The van der Waals surface area contributed by atoms with Gasteiger partial charge in [-0.25, -0.2) is 4.79 Å². The number of anilines is 1. The molecular weight excluding hydrogens is 480 g/mol. The molecule has 0 unspecified atom stereocenters. The largest absolute Gasteiger partial charge is 0.508 e. The van der Waals surface area contributed by atoms with E-state index >= 15 is 0 Å². The van der Waals surface area contributed by atoms with Crippen molar-refractivity contribution < 1.29 is 19.1 Å². The van der Waals surface area contributed by atoms with Crippen LogP contribution in [0.3, 0.4) is 0 Å². The van der Waals surface area contributed by atoms with Gasteiger partial charge in [0.05, 0.1) is 6.61 Å². The first-order valence-corrected chi connectivity index (χ1v) is 13.4. The van der Waals surface area contributed by atoms with Gasteiger partial charge in [0.1, 0.15) is 22.8 Å². The number of phenolic OH excluding ortho intramolecular Hbond substituents is 1. The Hall–Kier alpha value is -3.58. The zero-order chi connectivity index (χ0) is 27.7. The SMILES string of the molecule is CCCN(CCC)CCCOc1ccc2cc(NC(=O)c3ccc(O)c(CC=C(C)C)c3)c(=O)oc2c1C. The Labute approximate surface area is 225 Å². The molecule has 0 saturated carbocycles. The lowest BCUT2D eigenvalue weighted by molar-refractivity contribution is 0.102. The number of benzene rings is 2. The van der Waals surface area contributed by atoms with Crippen LogP contribution in [-0.4, -0.2) is 42.2 Å². The average molecular weight is 521 g/mol. The molecular formula is C31H40N2O5. The van der Waals surface area contributed by atoms with E-state index in [-0.39, 0.29) is 11.4 Å². The van der Waals surface area contributed by atoms with Crippen LogP contribution in [0.15, 0.2) is 57.3 Å². The molecule has 1 aromatic heterocycles. The summed E-state index contributed by atoms with van der Waals surface area (Å²) in [7, 11) is 0. The number of hydrogen-bond donors (Lipinski definition) is 2. The average Bonchev–Trinajstić information content (AvgIpc) is 2.88. The number of ether oxygens (including phenoxy) is 1. The van der Waals surface area contributed by atoms with E-state index in [4.69, 9.17) is 9.15 Å². The molecule has 0 aliphatic rings. The summed E-state index contributed by atoms with van der Waals surface area (Å²) >= 11 is 0. The Morgan fingerprint density at radius 1 is 1.08 bits per heavy atom. The van der Waals surface area contributed by atoms with Crippen molar-refractivity contribution in [2.45, 2.75) is 60.3 Å². The lowest BCUT2D eigenvalue weighted by atomic mass is 10.0. The summed E-state index contributed by atoms with van der Waals surface area (Å²) in [5, 5.41) is 13.5. The molecule has 3 aromatic rings. The number of nitrogens with zero attached hydrogens (tertiary/aromatic N) is 1. The molecule has 0 radical (unpaired) electrons. The molecule has 204 valence electrons. The topological polar surface area (TPSA) is 92.0 Å². The number of allylic oxidation sites excluding steroid dienone is 2. The molecule has 0 atom stereocenters. The van der Waals surface area contributed by atoms with Crippen molar-refractivity contribution in [1.29, 1.82) is 0 Å². The van der Waals surface area contributed by atoms with Gasteiger partial charge in [-0.15, -0.1) is 0 Å². The number of aromatic hydroxyl groups is 1. The predicted molar refractivity (Wildman–Crippen MR) is 154 cm³/mol. The first-order valence-electron chi connectivity index (χ1n) is 13.4. The molecule has 0 saturated heterocycles. The van der Waals surface area contributed by atoms with Crippen LogP contribution < -0.4 is 15.7 Å². The summed E-state index contributed by atoms with van der Waals surface area (Å²) in [6.45, 7) is 14.0. The van der Waals surface area contributed by atoms with Gasteiger partial charge in [-0.2, -0.15) is 0 Å². The summed E-state index contributed by atoms with van der Waals surface area (Å²) in [6.07, 6.45) is 5.67. The number of carbonyl (C=O) groups is 1. The second kappa shape index (κ2) is 13.8. The smallest absolute Gasteiger partial charge is 0.360 e. The minimum absolute atomic E-state index is 0.0569. The molecule has 1 amide bonds. The minimum Gasteiger partial charge on any atom is -0.508 e. The molecule has 0 aliphatic carbocycles. The maximum absolute atomic E-state index is 12.9. The molecule has 7 nitrogen and oxygen atoms in total. The van der Waals surface area contributed by atoms with Crippen LogP contribution >= 0.6 is 0 Å². The van der Waals surface area contributed by atoms with E-state index in [1.807, 2.05) is 39.0 Å². The molecule has 0 spiro atoms. The third-order valence-electron chi connectivity index (χ3n) is 6.38. The number of fused-ring (bicyclic) bond motifs is 1. The highest BCUT2D eigenvalue weighted by atomic mass is 16.5. The molecule has 7 heteroatoms. The van der Waals surface area contributed by atoms with Gasteiger partial charge in [0.2, 0.25) is 0 Å². The molecule has 1 heterocycles. The number of aryl methyl sites for hydroxylation is 1. The van der Waals surface area contributed by atoms with Gasteiger partial charge in [-0.1, -0.05) is 25.5 Å². The van der Waals surface area contributed by atoms with E-state index in [0.717, 1.165) is 50.0 Å². The van der Waals surface area contributed by atoms with Gasteiger partial charge in [0, 0.05) is 23.1 Å². The van der Waals surface area contributed by atoms with Crippen LogP contribution in [0.1, 0.15) is 68.4 Å². The summed E-state index contributed by atoms with van der Waals surface area (Å²) in [5.74, 6) is 0.354. The second-order valence-electron chi connectivity index (χ2n) is 9.88. The molecule has 38 heavy (non-hydrogen) atoms. The monoisotopic (exact) mass is 520 g/mol. The van der Waals surface area contributed by atoms with E-state index in [0.29, 0.717) is 40.9 Å². The minimum atomic E-state index is -0.635. The zero-order valence-electron chi connectivity index (χ0n) is 23.2. The Bertz CT molecular complexity index is 1330. The third kappa shape index (κ3) is 7.71. The maximum atomic E-state index is 12.9. The van der Waals surface area contributed by atoms with Crippen LogP contribution in [-0.2, 0) is 6.42 Å². The number of rotatable bonds is 13. The first-order chi connectivity index (χ1) is 18.2. The van der Waals surface area contributed by atoms with Crippen LogP contribution in [0, 0.1) is 6.92 Å². The number of phenols is 1. The van der Waals surface area contributed by atoms with E-state index in [9.17, 15) is 14.7 Å². The van der Waals surface area contributed by atoms with Crippen molar-refractivity contribution in [1.82, 2.24) is 4.90 Å². The van der Waals surface area contributed by atoms with Gasteiger partial charge in [0.25, 0.3) is 5.91 Å². The zero-order valence-corrected chi connectivity index (χ0v) is 23.2. The van der Waals surface area contributed by atoms with Gasteiger partial charge in [0.15, 0.2) is 0 Å². The van der Waals surface area contributed by atoms with E-state index < -0.39 is 11.5 Å². The fraction of sp³-hybridized carbons (Fsp3) is 0.419. The lowest BCUT2D eigenvalue weighted by Gasteiger charge is -2.21. The van der Waals surface area contributed by atoms with Crippen LogP contribution in [0.4, 0.5) is 5.69 Å². The normalized spacial score (nSPS) is 11.1. The number of hydrogen-bond acceptors (Lipinski definition) is 6. The number of amides is 1. The molecule has 2 aromatic carbocycles. The summed E-state index contributed by atoms with van der Waals surface area (Å²) in [5.41, 5.74) is 2.71. The van der Waals surface area contributed by atoms with E-state index in [1.54, 1.807) is 12.1 Å². The van der Waals surface area contributed by atoms with Crippen LogP contribution in [0.5, 0.6) is 11.5 Å². The third-order valence-corrected chi connectivity index (χ3v) is 6.38. The van der Waals surface area contributed by atoms with Crippen molar-refractivity contribution in [3.05, 3.63) is 75.2 Å². The van der Waals surface area contributed by atoms with Crippen molar-refractivity contribution in [2.75, 3.05) is 31.6 Å². The molecule has 2 N–H and O–H groups in total. The lowest BCUT2D eigenvalue weighted by Crippen LogP contribution is -2.27. The highest BCUT2D eigenvalue weighted by Gasteiger charge is 2.15. The summed E-state index contributed by atoms with van der Waals surface area (Å²) in [6, 6.07) is 9.96. The number of nitrogens with one attached hydrogen (secondary N) is 1. The predicted octanol–water partition coefficient (Wildman–Crippen LogP) is 6.46. The van der Waals surface area contributed by atoms with Gasteiger partial charge < -0.3 is 24.5 Å². The van der Waals surface area contributed by atoms with Gasteiger partial charge >= 0.3 is 5.63 Å². The Balaban J connectivity index is 1.71.